The van der Waals surface area contributed by atoms with Crippen molar-refractivity contribution in [2.45, 2.75) is 25.8 Å². The third kappa shape index (κ3) is 2.77. The van der Waals surface area contributed by atoms with Gasteiger partial charge in [-0.2, -0.15) is 5.10 Å². The van der Waals surface area contributed by atoms with Gasteiger partial charge in [0.25, 0.3) is 5.91 Å². The quantitative estimate of drug-likeness (QED) is 0.687. The summed E-state index contributed by atoms with van der Waals surface area (Å²) >= 11 is 0. The number of carbonyl (C=O) groups is 1. The van der Waals surface area contributed by atoms with E-state index in [-0.39, 0.29) is 11.7 Å². The van der Waals surface area contributed by atoms with Crippen molar-refractivity contribution in [2.24, 2.45) is 0 Å². The summed E-state index contributed by atoms with van der Waals surface area (Å²) in [5.74, 6) is -0.365. The van der Waals surface area contributed by atoms with Gasteiger partial charge < -0.3 is 4.90 Å². The van der Waals surface area contributed by atoms with Crippen molar-refractivity contribution >= 4 is 16.9 Å². The molecule has 0 N–H and O–H groups in total. The number of aromatic nitrogens is 3. The molecule has 0 aliphatic carbocycles. The van der Waals surface area contributed by atoms with Crippen LogP contribution in [0.25, 0.3) is 16.7 Å². The van der Waals surface area contributed by atoms with Crippen LogP contribution in [-0.4, -0.2) is 62.7 Å². The lowest BCUT2D eigenvalue weighted by Gasteiger charge is -2.37. The summed E-state index contributed by atoms with van der Waals surface area (Å²) in [5.41, 5.74) is 2.14. The number of nitrogens with zero attached hydrogens (tertiary/aromatic N) is 5. The fourth-order valence-corrected chi connectivity index (χ4v) is 4.45. The van der Waals surface area contributed by atoms with Crippen LogP contribution in [0.15, 0.2) is 36.5 Å². The molecule has 0 unspecified atom stereocenters. The Bertz CT molecular complexity index is 1060. The van der Waals surface area contributed by atoms with Crippen molar-refractivity contribution in [3.05, 3.63) is 53.6 Å². The van der Waals surface area contributed by atoms with E-state index in [0.717, 1.165) is 32.6 Å². The number of rotatable bonds is 2. The lowest BCUT2D eigenvalue weighted by atomic mass is 10.1. The van der Waals surface area contributed by atoms with Crippen LogP contribution in [0.3, 0.4) is 0 Å². The van der Waals surface area contributed by atoms with E-state index in [2.05, 4.69) is 15.0 Å². The van der Waals surface area contributed by atoms with E-state index in [1.54, 1.807) is 24.4 Å². The molecule has 6 nitrogen and oxygen atoms in total. The molecule has 2 saturated heterocycles. The highest BCUT2D eigenvalue weighted by atomic mass is 19.1. The fraction of sp³-hybridized carbons (Fsp3) is 0.381. The van der Waals surface area contributed by atoms with E-state index >= 15 is 0 Å². The van der Waals surface area contributed by atoms with Crippen molar-refractivity contribution in [3.63, 3.8) is 0 Å². The number of benzene rings is 1. The number of hydrogen-bond donors (Lipinski definition) is 0. The molecule has 1 atom stereocenters. The maximum absolute atomic E-state index is 14.3. The van der Waals surface area contributed by atoms with Crippen LogP contribution in [0.5, 0.6) is 0 Å². The highest BCUT2D eigenvalue weighted by Crippen LogP contribution is 2.26. The maximum atomic E-state index is 14.3. The predicted molar refractivity (Wildman–Crippen MR) is 104 cm³/mol. The van der Waals surface area contributed by atoms with Crippen molar-refractivity contribution in [1.29, 1.82) is 0 Å². The fourth-order valence-electron chi connectivity index (χ4n) is 4.45. The van der Waals surface area contributed by atoms with Crippen molar-refractivity contribution < 1.29 is 9.18 Å². The van der Waals surface area contributed by atoms with E-state index in [4.69, 9.17) is 0 Å². The van der Waals surface area contributed by atoms with Gasteiger partial charge >= 0.3 is 0 Å². The first-order valence-corrected chi connectivity index (χ1v) is 9.75. The van der Waals surface area contributed by atoms with Gasteiger partial charge in [-0.05, 0) is 44.5 Å². The molecule has 144 valence electrons. The molecule has 2 aliphatic rings. The first-order chi connectivity index (χ1) is 13.6. The van der Waals surface area contributed by atoms with Crippen LogP contribution in [0.2, 0.25) is 0 Å². The summed E-state index contributed by atoms with van der Waals surface area (Å²) in [6.07, 6.45) is 3.98. The summed E-state index contributed by atoms with van der Waals surface area (Å²) < 4.78 is 15.8. The smallest absolute Gasteiger partial charge is 0.254 e. The van der Waals surface area contributed by atoms with Crippen molar-refractivity contribution in [2.75, 3.05) is 26.2 Å². The maximum Gasteiger partial charge on any atom is 0.254 e. The Balaban J connectivity index is 1.55. The highest BCUT2D eigenvalue weighted by molar-refractivity contribution is 6.05. The molecule has 5 rings (SSSR count). The summed E-state index contributed by atoms with van der Waals surface area (Å²) in [6, 6.07) is 8.74. The summed E-state index contributed by atoms with van der Waals surface area (Å²) in [6.45, 7) is 5.42. The van der Waals surface area contributed by atoms with Gasteiger partial charge in [0.1, 0.15) is 11.5 Å². The molecule has 28 heavy (non-hydrogen) atoms. The molecular weight excluding hydrogens is 357 g/mol. The summed E-state index contributed by atoms with van der Waals surface area (Å²) in [4.78, 5) is 22.3. The molecular formula is C21H22FN5O. The molecule has 2 fully saturated rings. The van der Waals surface area contributed by atoms with Gasteiger partial charge in [0.05, 0.1) is 17.1 Å². The number of fused-ring (bicyclic) bond motifs is 2. The molecule has 3 aromatic rings. The third-order valence-electron chi connectivity index (χ3n) is 5.86. The Morgan fingerprint density at radius 1 is 1.21 bits per heavy atom. The van der Waals surface area contributed by atoms with E-state index in [0.29, 0.717) is 34.0 Å². The second kappa shape index (κ2) is 6.67. The second-order valence-corrected chi connectivity index (χ2v) is 7.64. The molecule has 0 radical (unpaired) electrons. The topological polar surface area (TPSA) is 54.3 Å². The third-order valence-corrected chi connectivity index (χ3v) is 5.86. The molecule has 7 heteroatoms. The number of halogens is 1. The van der Waals surface area contributed by atoms with Gasteiger partial charge in [-0.25, -0.2) is 14.1 Å². The van der Waals surface area contributed by atoms with E-state index in [1.807, 2.05) is 17.9 Å². The molecule has 1 aromatic carbocycles. The minimum absolute atomic E-state index is 0.00938. The molecule has 2 aliphatic heterocycles. The van der Waals surface area contributed by atoms with E-state index in [9.17, 15) is 9.18 Å². The standard InChI is InChI=1S/C21H22FN5O/c1-14-11-16(21(28)26-10-9-25-8-4-5-15(25)13-26)17-12-23-27(20(17)24-14)19-7-3-2-6-18(19)22/h2-3,6-7,11-12,15H,4-5,8-10,13H2,1H3/t15-/m1/s1. The largest absolute Gasteiger partial charge is 0.336 e. The SMILES string of the molecule is Cc1cc(C(=O)N2CCN3CCC[C@@H]3C2)c2cnn(-c3ccccc3F)c2n1. The van der Waals surface area contributed by atoms with Crippen molar-refractivity contribution in [3.8, 4) is 5.69 Å². The number of carbonyl (C=O) groups excluding carboxylic acids is 1. The van der Waals surface area contributed by atoms with Gasteiger partial charge in [0.15, 0.2) is 5.65 Å². The minimum atomic E-state index is -0.374. The number of hydrogen-bond acceptors (Lipinski definition) is 4. The monoisotopic (exact) mass is 379 g/mol. The van der Waals surface area contributed by atoms with Gasteiger partial charge in [0.2, 0.25) is 0 Å². The number of amides is 1. The minimum Gasteiger partial charge on any atom is -0.336 e. The highest BCUT2D eigenvalue weighted by Gasteiger charge is 2.33. The zero-order valence-corrected chi connectivity index (χ0v) is 15.8. The van der Waals surface area contributed by atoms with E-state index in [1.165, 1.54) is 17.2 Å². The van der Waals surface area contributed by atoms with Gasteiger partial charge in [-0.3, -0.25) is 9.69 Å². The lowest BCUT2D eigenvalue weighted by molar-refractivity contribution is 0.0573. The Hall–Kier alpha value is -2.80. The zero-order chi connectivity index (χ0) is 19.3. The molecule has 2 aromatic heterocycles. The molecule has 0 bridgehead atoms. The molecule has 1 amide bonds. The average molecular weight is 379 g/mol. The average Bonchev–Trinajstić information content (AvgIpc) is 3.33. The summed E-state index contributed by atoms with van der Waals surface area (Å²) in [5, 5.41) is 5.00. The predicted octanol–water partition coefficient (Wildman–Crippen LogP) is 2.79. The van der Waals surface area contributed by atoms with Crippen LogP contribution >= 0.6 is 0 Å². The number of para-hydroxylation sites is 1. The zero-order valence-electron chi connectivity index (χ0n) is 15.8. The van der Waals surface area contributed by atoms with Gasteiger partial charge in [-0.1, -0.05) is 12.1 Å². The van der Waals surface area contributed by atoms with Crippen molar-refractivity contribution in [1.82, 2.24) is 24.6 Å². The second-order valence-electron chi connectivity index (χ2n) is 7.64. The first kappa shape index (κ1) is 17.3. The Labute approximate surface area is 162 Å². The Morgan fingerprint density at radius 3 is 2.93 bits per heavy atom. The normalized spacial score (nSPS) is 19.9. The Kier molecular flexibility index (Phi) is 4.12. The molecule has 4 heterocycles. The van der Waals surface area contributed by atoms with Crippen LogP contribution in [0.4, 0.5) is 4.39 Å². The van der Waals surface area contributed by atoms with Gasteiger partial charge in [-0.15, -0.1) is 0 Å². The number of aryl methyl sites for hydroxylation is 1. The van der Waals surface area contributed by atoms with Crippen LogP contribution in [-0.2, 0) is 0 Å². The van der Waals surface area contributed by atoms with Crippen LogP contribution in [0.1, 0.15) is 28.9 Å². The molecule has 0 spiro atoms. The van der Waals surface area contributed by atoms with Crippen LogP contribution < -0.4 is 0 Å². The first-order valence-electron chi connectivity index (χ1n) is 9.75. The number of piperazine rings is 1. The van der Waals surface area contributed by atoms with Gasteiger partial charge in [0, 0.05) is 31.4 Å². The van der Waals surface area contributed by atoms with E-state index < -0.39 is 0 Å². The lowest BCUT2D eigenvalue weighted by Crippen LogP contribution is -2.52. The number of pyridine rings is 1. The molecule has 0 saturated carbocycles. The van der Waals surface area contributed by atoms with Crippen LogP contribution in [0, 0.1) is 12.7 Å². The Morgan fingerprint density at radius 2 is 2.07 bits per heavy atom. The summed E-state index contributed by atoms with van der Waals surface area (Å²) in [7, 11) is 0.